The van der Waals surface area contributed by atoms with E-state index in [4.69, 9.17) is 4.74 Å². The van der Waals surface area contributed by atoms with Gasteiger partial charge in [-0.05, 0) is 31.2 Å². The first-order valence-electron chi connectivity index (χ1n) is 7.52. The predicted octanol–water partition coefficient (Wildman–Crippen LogP) is 3.07. The number of anilines is 1. The molecule has 0 fully saturated rings. The van der Waals surface area contributed by atoms with Crippen molar-refractivity contribution in [3.8, 4) is 5.75 Å². The van der Waals surface area contributed by atoms with Gasteiger partial charge in [0.25, 0.3) is 5.91 Å². The first-order chi connectivity index (χ1) is 12.7. The number of ether oxygens (including phenoxy) is 2. The number of amides is 1. The Labute approximate surface area is 151 Å². The number of nitro benzene ring substituents is 1. The minimum absolute atomic E-state index is 0.0736. The molecule has 0 unspecified atom stereocenters. The third-order valence-electron chi connectivity index (χ3n) is 3.44. The standard InChI is InChI=1S/C17H14F2N2O6/c1-9(16(22)20-13-8-11(18)4-5-12(13)19)27-15-6-3-10(17(23)26-2)7-14(15)21(24)25/h3-9H,1-2H3,(H,20,22)/t9-/m1/s1. The molecule has 8 nitrogen and oxygen atoms in total. The highest BCUT2D eigenvalue weighted by atomic mass is 19.1. The second-order valence-corrected chi connectivity index (χ2v) is 5.30. The van der Waals surface area contributed by atoms with Crippen LogP contribution in [0.2, 0.25) is 0 Å². The van der Waals surface area contributed by atoms with Gasteiger partial charge in [-0.2, -0.15) is 0 Å². The second-order valence-electron chi connectivity index (χ2n) is 5.30. The lowest BCUT2D eigenvalue weighted by Crippen LogP contribution is -2.30. The van der Waals surface area contributed by atoms with Crippen LogP contribution in [-0.4, -0.2) is 30.0 Å². The van der Waals surface area contributed by atoms with Gasteiger partial charge in [-0.15, -0.1) is 0 Å². The van der Waals surface area contributed by atoms with Crippen LogP contribution in [-0.2, 0) is 9.53 Å². The molecule has 27 heavy (non-hydrogen) atoms. The summed E-state index contributed by atoms with van der Waals surface area (Å²) in [6.07, 6.45) is -1.28. The van der Waals surface area contributed by atoms with Crippen LogP contribution >= 0.6 is 0 Å². The summed E-state index contributed by atoms with van der Waals surface area (Å²) < 4.78 is 36.5. The molecule has 0 radical (unpaired) electrons. The molecular weight excluding hydrogens is 366 g/mol. The molecule has 0 spiro atoms. The van der Waals surface area contributed by atoms with Crippen molar-refractivity contribution in [2.24, 2.45) is 0 Å². The smallest absolute Gasteiger partial charge is 0.338 e. The number of hydrogen-bond acceptors (Lipinski definition) is 6. The number of methoxy groups -OCH3 is 1. The van der Waals surface area contributed by atoms with Crippen LogP contribution in [0.25, 0.3) is 0 Å². The molecule has 2 aromatic carbocycles. The lowest BCUT2D eigenvalue weighted by Gasteiger charge is -2.15. The van der Waals surface area contributed by atoms with E-state index in [0.717, 1.165) is 37.4 Å². The lowest BCUT2D eigenvalue weighted by molar-refractivity contribution is -0.386. The molecule has 0 bridgehead atoms. The van der Waals surface area contributed by atoms with Gasteiger partial charge < -0.3 is 14.8 Å². The van der Waals surface area contributed by atoms with E-state index in [1.807, 2.05) is 0 Å². The van der Waals surface area contributed by atoms with Crippen molar-refractivity contribution in [1.82, 2.24) is 0 Å². The number of rotatable bonds is 6. The Morgan fingerprint density at radius 3 is 2.52 bits per heavy atom. The third kappa shape index (κ3) is 4.75. The molecule has 1 amide bonds. The zero-order valence-electron chi connectivity index (χ0n) is 14.2. The number of nitrogens with one attached hydrogen (secondary N) is 1. The van der Waals surface area contributed by atoms with Crippen LogP contribution in [0.4, 0.5) is 20.2 Å². The summed E-state index contributed by atoms with van der Waals surface area (Å²) in [4.78, 5) is 34.0. The summed E-state index contributed by atoms with van der Waals surface area (Å²) in [6.45, 7) is 1.27. The molecule has 142 valence electrons. The van der Waals surface area contributed by atoms with Gasteiger partial charge in [0.2, 0.25) is 0 Å². The van der Waals surface area contributed by atoms with E-state index in [-0.39, 0.29) is 11.3 Å². The van der Waals surface area contributed by atoms with E-state index in [0.29, 0.717) is 0 Å². The second kappa shape index (κ2) is 8.21. The van der Waals surface area contributed by atoms with E-state index in [9.17, 15) is 28.5 Å². The fraction of sp³-hybridized carbons (Fsp3) is 0.176. The van der Waals surface area contributed by atoms with Crippen LogP contribution in [0.3, 0.4) is 0 Å². The average Bonchev–Trinajstić information content (AvgIpc) is 2.64. The number of nitrogens with zero attached hydrogens (tertiary/aromatic N) is 1. The number of carbonyl (C=O) groups excluding carboxylic acids is 2. The Morgan fingerprint density at radius 2 is 1.89 bits per heavy atom. The number of hydrogen-bond donors (Lipinski definition) is 1. The Kier molecular flexibility index (Phi) is 6.01. The Balaban J connectivity index is 2.20. The Morgan fingerprint density at radius 1 is 1.19 bits per heavy atom. The normalized spacial score (nSPS) is 11.4. The van der Waals surface area contributed by atoms with Crippen LogP contribution < -0.4 is 10.1 Å². The molecule has 0 saturated carbocycles. The maximum Gasteiger partial charge on any atom is 0.338 e. The number of esters is 1. The number of benzene rings is 2. The van der Waals surface area contributed by atoms with Gasteiger partial charge in [0.15, 0.2) is 11.9 Å². The van der Waals surface area contributed by atoms with Crippen molar-refractivity contribution in [3.63, 3.8) is 0 Å². The van der Waals surface area contributed by atoms with Gasteiger partial charge >= 0.3 is 11.7 Å². The van der Waals surface area contributed by atoms with E-state index >= 15 is 0 Å². The van der Waals surface area contributed by atoms with Crippen molar-refractivity contribution >= 4 is 23.3 Å². The topological polar surface area (TPSA) is 108 Å². The van der Waals surface area contributed by atoms with Crippen molar-refractivity contribution in [3.05, 3.63) is 63.7 Å². The average molecular weight is 380 g/mol. The van der Waals surface area contributed by atoms with Crippen molar-refractivity contribution in [2.45, 2.75) is 13.0 Å². The van der Waals surface area contributed by atoms with E-state index in [1.54, 1.807) is 0 Å². The van der Waals surface area contributed by atoms with E-state index in [2.05, 4.69) is 10.1 Å². The molecule has 0 aliphatic rings. The highest BCUT2D eigenvalue weighted by Crippen LogP contribution is 2.29. The predicted molar refractivity (Wildman–Crippen MR) is 89.5 cm³/mol. The zero-order valence-corrected chi connectivity index (χ0v) is 14.2. The molecule has 0 saturated heterocycles. The lowest BCUT2D eigenvalue weighted by atomic mass is 10.2. The summed E-state index contributed by atoms with van der Waals surface area (Å²) in [5.41, 5.74) is -1.03. The van der Waals surface area contributed by atoms with Crippen LogP contribution in [0.15, 0.2) is 36.4 Å². The minimum Gasteiger partial charge on any atom is -0.474 e. The summed E-state index contributed by atoms with van der Waals surface area (Å²) >= 11 is 0. The summed E-state index contributed by atoms with van der Waals surface area (Å²) in [5.74, 6) is -3.53. The third-order valence-corrected chi connectivity index (χ3v) is 3.44. The molecule has 10 heteroatoms. The summed E-state index contributed by atoms with van der Waals surface area (Å²) in [7, 11) is 1.12. The molecule has 0 aromatic heterocycles. The van der Waals surface area contributed by atoms with Gasteiger partial charge in [0.1, 0.15) is 11.6 Å². The van der Waals surface area contributed by atoms with E-state index < -0.39 is 45.9 Å². The first-order valence-corrected chi connectivity index (χ1v) is 7.52. The van der Waals surface area contributed by atoms with Gasteiger partial charge in [0, 0.05) is 12.1 Å². The van der Waals surface area contributed by atoms with Crippen LogP contribution in [0.1, 0.15) is 17.3 Å². The molecule has 2 aromatic rings. The molecule has 1 atom stereocenters. The molecule has 0 heterocycles. The zero-order chi connectivity index (χ0) is 20.1. The van der Waals surface area contributed by atoms with Crippen molar-refractivity contribution in [1.29, 1.82) is 0 Å². The number of carbonyl (C=O) groups is 2. The van der Waals surface area contributed by atoms with Crippen molar-refractivity contribution < 1.29 is 32.8 Å². The maximum atomic E-state index is 13.6. The molecule has 1 N–H and O–H groups in total. The monoisotopic (exact) mass is 380 g/mol. The highest BCUT2D eigenvalue weighted by molar-refractivity contribution is 5.94. The fourth-order valence-corrected chi connectivity index (χ4v) is 2.08. The van der Waals surface area contributed by atoms with Gasteiger partial charge in [-0.3, -0.25) is 14.9 Å². The minimum atomic E-state index is -1.28. The Hall–Kier alpha value is -3.56. The van der Waals surface area contributed by atoms with Crippen LogP contribution in [0.5, 0.6) is 5.75 Å². The van der Waals surface area contributed by atoms with Crippen LogP contribution in [0, 0.1) is 21.7 Å². The molecule has 0 aliphatic heterocycles. The van der Waals surface area contributed by atoms with E-state index in [1.165, 1.54) is 13.0 Å². The molecule has 0 aliphatic carbocycles. The highest BCUT2D eigenvalue weighted by Gasteiger charge is 2.24. The summed E-state index contributed by atoms with van der Waals surface area (Å²) in [5, 5.41) is 13.3. The largest absolute Gasteiger partial charge is 0.474 e. The quantitative estimate of drug-likeness (QED) is 0.469. The maximum absolute atomic E-state index is 13.6. The van der Waals surface area contributed by atoms with Gasteiger partial charge in [-0.1, -0.05) is 0 Å². The number of halogens is 2. The van der Waals surface area contributed by atoms with Gasteiger partial charge in [-0.25, -0.2) is 13.6 Å². The van der Waals surface area contributed by atoms with Crippen molar-refractivity contribution in [2.75, 3.05) is 12.4 Å². The summed E-state index contributed by atoms with van der Waals surface area (Å²) in [6, 6.07) is 5.82. The first kappa shape index (κ1) is 19.8. The molecular formula is C17H14F2N2O6. The van der Waals surface area contributed by atoms with Gasteiger partial charge in [0.05, 0.1) is 23.3 Å². The molecule has 2 rings (SSSR count). The fourth-order valence-electron chi connectivity index (χ4n) is 2.08. The Bertz CT molecular complexity index is 903. The SMILES string of the molecule is COC(=O)c1ccc(O[C@H](C)C(=O)Nc2cc(F)ccc2F)c([N+](=O)[O-])c1. The number of nitro groups is 1.